The lowest BCUT2D eigenvalue weighted by atomic mass is 10.1. The molecule has 24 heavy (non-hydrogen) atoms. The summed E-state index contributed by atoms with van der Waals surface area (Å²) < 4.78 is 4.77. The molecule has 0 radical (unpaired) electrons. The maximum absolute atomic E-state index is 11.6. The fourth-order valence-electron chi connectivity index (χ4n) is 2.24. The first-order valence-corrected chi connectivity index (χ1v) is 8.16. The third kappa shape index (κ3) is 4.84. The maximum atomic E-state index is 11.6. The number of nitrogens with one attached hydrogen (secondary N) is 2. The molecule has 1 aromatic heterocycles. The summed E-state index contributed by atoms with van der Waals surface area (Å²) >= 11 is 12.2. The van der Waals surface area contributed by atoms with E-state index in [-0.39, 0.29) is 12.0 Å². The van der Waals surface area contributed by atoms with Crippen molar-refractivity contribution in [1.29, 1.82) is 0 Å². The zero-order valence-electron chi connectivity index (χ0n) is 13.5. The van der Waals surface area contributed by atoms with Gasteiger partial charge < -0.3 is 15.4 Å². The van der Waals surface area contributed by atoms with E-state index >= 15 is 0 Å². The average Bonchev–Trinajstić information content (AvgIpc) is 2.59. The average molecular weight is 368 g/mol. The van der Waals surface area contributed by atoms with Crippen LogP contribution in [0.2, 0.25) is 10.0 Å². The Bertz CT molecular complexity index is 672. The van der Waals surface area contributed by atoms with Crippen LogP contribution in [-0.4, -0.2) is 31.2 Å². The van der Waals surface area contributed by atoms with Gasteiger partial charge in [0.25, 0.3) is 0 Å². The fourth-order valence-corrected chi connectivity index (χ4v) is 2.74. The van der Waals surface area contributed by atoms with E-state index < -0.39 is 0 Å². The van der Waals surface area contributed by atoms with Crippen molar-refractivity contribution in [2.75, 3.05) is 19.5 Å². The van der Waals surface area contributed by atoms with Gasteiger partial charge in [0.05, 0.1) is 17.2 Å². The first-order valence-electron chi connectivity index (χ1n) is 7.41. The number of hydrogen-bond donors (Lipinski definition) is 2. The molecule has 128 valence electrons. The molecule has 0 fully saturated rings. The molecular formula is C17H19Cl2N3O2. The van der Waals surface area contributed by atoms with E-state index in [1.165, 1.54) is 7.11 Å². The highest BCUT2D eigenvalue weighted by Gasteiger charge is 2.17. The SMILES string of the molecule is CN[C@@H](Cc1ccc(NCc2c(Cl)cncc2Cl)cc1)C(=O)OC. The van der Waals surface area contributed by atoms with Crippen LogP contribution < -0.4 is 10.6 Å². The van der Waals surface area contributed by atoms with Gasteiger partial charge >= 0.3 is 5.97 Å². The second kappa shape index (κ2) is 8.87. The number of hydrogen-bond acceptors (Lipinski definition) is 5. The van der Waals surface area contributed by atoms with Crippen LogP contribution in [0.25, 0.3) is 0 Å². The highest BCUT2D eigenvalue weighted by atomic mass is 35.5. The Hall–Kier alpha value is -1.82. The zero-order valence-corrected chi connectivity index (χ0v) is 15.0. The van der Waals surface area contributed by atoms with Crippen LogP contribution in [0.4, 0.5) is 5.69 Å². The van der Waals surface area contributed by atoms with E-state index in [0.717, 1.165) is 16.8 Å². The Labute approximate surface area is 151 Å². The monoisotopic (exact) mass is 367 g/mol. The van der Waals surface area contributed by atoms with Crippen molar-refractivity contribution >= 4 is 34.9 Å². The van der Waals surface area contributed by atoms with Crippen LogP contribution in [0.1, 0.15) is 11.1 Å². The van der Waals surface area contributed by atoms with E-state index in [2.05, 4.69) is 15.6 Å². The molecule has 2 rings (SSSR count). The van der Waals surface area contributed by atoms with Gasteiger partial charge in [0.15, 0.2) is 0 Å². The summed E-state index contributed by atoms with van der Waals surface area (Å²) in [6.07, 6.45) is 3.70. The molecule has 2 N–H and O–H groups in total. The highest BCUT2D eigenvalue weighted by molar-refractivity contribution is 6.35. The number of esters is 1. The molecule has 0 unspecified atom stereocenters. The molecule has 1 aromatic carbocycles. The molecule has 1 atom stereocenters. The minimum Gasteiger partial charge on any atom is -0.468 e. The van der Waals surface area contributed by atoms with Crippen molar-refractivity contribution in [2.45, 2.75) is 19.0 Å². The summed E-state index contributed by atoms with van der Waals surface area (Å²) in [5.41, 5.74) is 2.77. The summed E-state index contributed by atoms with van der Waals surface area (Å²) in [5.74, 6) is -0.276. The van der Waals surface area contributed by atoms with E-state index in [1.54, 1.807) is 19.4 Å². The van der Waals surface area contributed by atoms with Gasteiger partial charge in [-0.2, -0.15) is 0 Å². The first kappa shape index (κ1) is 18.5. The molecule has 0 aliphatic carbocycles. The Morgan fingerprint density at radius 2 is 1.83 bits per heavy atom. The van der Waals surface area contributed by atoms with Crippen LogP contribution in [0.5, 0.6) is 0 Å². The number of aromatic nitrogens is 1. The van der Waals surface area contributed by atoms with Gasteiger partial charge in [0.2, 0.25) is 0 Å². The summed E-state index contributed by atoms with van der Waals surface area (Å²) in [5, 5.41) is 7.28. The second-order valence-corrected chi connectivity index (χ2v) is 6.02. The summed E-state index contributed by atoms with van der Waals surface area (Å²) in [7, 11) is 3.12. The fraction of sp³-hybridized carbons (Fsp3) is 0.294. The molecule has 1 heterocycles. The zero-order chi connectivity index (χ0) is 17.5. The van der Waals surface area contributed by atoms with Crippen LogP contribution in [-0.2, 0) is 22.5 Å². The molecule has 0 spiro atoms. The molecule has 0 aliphatic rings. The molecular weight excluding hydrogens is 349 g/mol. The third-order valence-electron chi connectivity index (χ3n) is 3.65. The lowest BCUT2D eigenvalue weighted by Gasteiger charge is -2.14. The number of anilines is 1. The molecule has 0 saturated carbocycles. The van der Waals surface area contributed by atoms with Gasteiger partial charge in [-0.15, -0.1) is 0 Å². The number of carbonyl (C=O) groups excluding carboxylic acids is 1. The normalized spacial score (nSPS) is 11.8. The number of ether oxygens (including phenoxy) is 1. The van der Waals surface area contributed by atoms with Crippen molar-refractivity contribution in [3.63, 3.8) is 0 Å². The number of benzene rings is 1. The van der Waals surface area contributed by atoms with Crippen LogP contribution in [0.15, 0.2) is 36.7 Å². The summed E-state index contributed by atoms with van der Waals surface area (Å²) in [6.45, 7) is 0.501. The third-order valence-corrected chi connectivity index (χ3v) is 4.30. The van der Waals surface area contributed by atoms with E-state index in [4.69, 9.17) is 27.9 Å². The smallest absolute Gasteiger partial charge is 0.323 e. The molecule has 5 nitrogen and oxygen atoms in total. The number of likely N-dealkylation sites (N-methyl/N-ethyl adjacent to an activating group) is 1. The maximum Gasteiger partial charge on any atom is 0.323 e. The van der Waals surface area contributed by atoms with E-state index in [0.29, 0.717) is 23.0 Å². The largest absolute Gasteiger partial charge is 0.468 e. The molecule has 0 amide bonds. The molecule has 2 aromatic rings. The van der Waals surface area contributed by atoms with Gasteiger partial charge in [-0.1, -0.05) is 35.3 Å². The minimum absolute atomic E-state index is 0.276. The number of nitrogens with zero attached hydrogens (tertiary/aromatic N) is 1. The summed E-state index contributed by atoms with van der Waals surface area (Å²) in [6, 6.07) is 7.46. The molecule has 0 saturated heterocycles. The quantitative estimate of drug-likeness (QED) is 0.735. The Balaban J connectivity index is 1.98. The predicted molar refractivity (Wildman–Crippen MR) is 96.6 cm³/mol. The number of halogens is 2. The van der Waals surface area contributed by atoms with Crippen molar-refractivity contribution in [1.82, 2.24) is 10.3 Å². The van der Waals surface area contributed by atoms with Gasteiger partial charge in [-0.25, -0.2) is 0 Å². The van der Waals surface area contributed by atoms with Crippen molar-refractivity contribution in [3.8, 4) is 0 Å². The van der Waals surface area contributed by atoms with Crippen molar-refractivity contribution in [3.05, 3.63) is 57.8 Å². The Morgan fingerprint density at radius 1 is 1.21 bits per heavy atom. The second-order valence-electron chi connectivity index (χ2n) is 5.20. The number of methoxy groups -OCH3 is 1. The van der Waals surface area contributed by atoms with Crippen molar-refractivity contribution < 1.29 is 9.53 Å². The molecule has 7 heteroatoms. The minimum atomic E-state index is -0.358. The van der Waals surface area contributed by atoms with Gasteiger partial charge in [0.1, 0.15) is 6.04 Å². The Morgan fingerprint density at radius 3 is 2.38 bits per heavy atom. The first-order chi connectivity index (χ1) is 11.5. The molecule has 0 bridgehead atoms. The summed E-state index contributed by atoms with van der Waals surface area (Å²) in [4.78, 5) is 15.5. The standard InChI is InChI=1S/C17H19Cl2N3O2/c1-20-16(17(23)24-2)7-11-3-5-12(6-4-11)22-8-13-14(18)9-21-10-15(13)19/h3-6,9-10,16,20,22H,7-8H2,1-2H3/t16-/m0/s1. The van der Waals surface area contributed by atoms with Gasteiger partial charge in [-0.05, 0) is 31.2 Å². The van der Waals surface area contributed by atoms with Crippen LogP contribution in [0, 0.1) is 0 Å². The number of carbonyl (C=O) groups is 1. The molecule has 0 aliphatic heterocycles. The lowest BCUT2D eigenvalue weighted by molar-refractivity contribution is -0.142. The number of rotatable bonds is 7. The van der Waals surface area contributed by atoms with E-state index in [1.807, 2.05) is 24.3 Å². The Kier molecular flexibility index (Phi) is 6.85. The van der Waals surface area contributed by atoms with E-state index in [9.17, 15) is 4.79 Å². The topological polar surface area (TPSA) is 63.2 Å². The number of pyridine rings is 1. The van der Waals surface area contributed by atoms with Gasteiger partial charge in [0, 0.05) is 30.2 Å². The van der Waals surface area contributed by atoms with Crippen molar-refractivity contribution in [2.24, 2.45) is 0 Å². The predicted octanol–water partition coefficient (Wildman–Crippen LogP) is 3.30. The van der Waals surface area contributed by atoms with Crippen LogP contribution in [0.3, 0.4) is 0 Å². The van der Waals surface area contributed by atoms with Crippen LogP contribution >= 0.6 is 23.2 Å². The van der Waals surface area contributed by atoms with Gasteiger partial charge in [-0.3, -0.25) is 9.78 Å². The lowest BCUT2D eigenvalue weighted by Crippen LogP contribution is -2.36. The highest BCUT2D eigenvalue weighted by Crippen LogP contribution is 2.24.